The van der Waals surface area contributed by atoms with E-state index in [0.29, 0.717) is 5.69 Å². The van der Waals surface area contributed by atoms with Crippen LogP contribution in [0.2, 0.25) is 0 Å². The summed E-state index contributed by atoms with van der Waals surface area (Å²) in [5.74, 6) is 0.412. The summed E-state index contributed by atoms with van der Waals surface area (Å²) in [5.41, 5.74) is 2.76. The lowest BCUT2D eigenvalue weighted by atomic mass is 10.0. The van der Waals surface area contributed by atoms with E-state index in [-0.39, 0.29) is 6.04 Å². The molecule has 0 bridgehead atoms. The smallest absolute Gasteiger partial charge is 0.250 e. The van der Waals surface area contributed by atoms with Crippen LogP contribution in [-0.2, 0) is 4.79 Å². The average Bonchev–Trinajstić information content (AvgIpc) is 2.61. The molecule has 0 spiro atoms. The van der Waals surface area contributed by atoms with Crippen molar-refractivity contribution in [3.8, 4) is 5.75 Å². The first-order valence-corrected chi connectivity index (χ1v) is 8.07. The zero-order chi connectivity index (χ0) is 17.4. The van der Waals surface area contributed by atoms with Crippen molar-refractivity contribution in [3.05, 3.63) is 54.1 Å². The fourth-order valence-corrected chi connectivity index (χ4v) is 2.54. The largest absolute Gasteiger partial charge is 0.497 e. The number of carbonyl (C=O) groups excluding carboxylic acids is 1. The number of amides is 1. The second-order valence-corrected chi connectivity index (χ2v) is 5.55. The molecule has 0 saturated carbocycles. The molecule has 3 N–H and O–H groups in total. The predicted octanol–water partition coefficient (Wildman–Crippen LogP) is 3.58. The maximum Gasteiger partial charge on any atom is 0.250 e. The Hall–Kier alpha value is -2.53. The molecule has 0 heterocycles. The molecule has 24 heavy (non-hydrogen) atoms. The highest BCUT2D eigenvalue weighted by atomic mass is 16.5. The zero-order valence-corrected chi connectivity index (χ0v) is 14.1. The molecule has 0 saturated heterocycles. The highest BCUT2D eigenvalue weighted by molar-refractivity contribution is 5.91. The molecule has 0 aromatic heterocycles. The molecule has 0 aliphatic rings. The van der Waals surface area contributed by atoms with Gasteiger partial charge in [0.25, 0.3) is 0 Å². The topological polar surface area (TPSA) is 70.6 Å². The van der Waals surface area contributed by atoms with E-state index >= 15 is 0 Å². The van der Waals surface area contributed by atoms with Crippen molar-refractivity contribution in [1.29, 1.82) is 0 Å². The van der Waals surface area contributed by atoms with Gasteiger partial charge in [-0.1, -0.05) is 31.5 Å². The highest BCUT2D eigenvalue weighted by Gasteiger charge is 2.11. The number of rotatable bonds is 8. The van der Waals surface area contributed by atoms with Crippen LogP contribution in [0.5, 0.6) is 5.75 Å². The fourth-order valence-electron chi connectivity index (χ4n) is 2.54. The van der Waals surface area contributed by atoms with Crippen LogP contribution in [0.15, 0.2) is 48.5 Å². The number of carbonyl (C=O) groups is 1. The average molecular weight is 328 g/mol. The van der Waals surface area contributed by atoms with Crippen LogP contribution in [0, 0.1) is 0 Å². The molecular formula is C19H24N2O3. The summed E-state index contributed by atoms with van der Waals surface area (Å²) in [6.45, 7) is 1.62. The predicted molar refractivity (Wildman–Crippen MR) is 96.4 cm³/mol. The minimum absolute atomic E-state index is 0.171. The molecular weight excluding hydrogens is 304 g/mol. The molecule has 1 amide bonds. The summed E-state index contributed by atoms with van der Waals surface area (Å²) in [4.78, 5) is 11.3. The Balaban J connectivity index is 2.14. The van der Waals surface area contributed by atoms with E-state index in [1.807, 2.05) is 30.3 Å². The van der Waals surface area contributed by atoms with Gasteiger partial charge in [-0.15, -0.1) is 0 Å². The Bertz CT molecular complexity index is 656. The quantitative estimate of drug-likeness (QED) is 0.693. The first-order valence-electron chi connectivity index (χ1n) is 8.07. The van der Waals surface area contributed by atoms with Gasteiger partial charge in [0.05, 0.1) is 13.2 Å². The molecule has 1 unspecified atom stereocenters. The van der Waals surface area contributed by atoms with Crippen LogP contribution in [0.4, 0.5) is 11.4 Å². The third-order valence-electron chi connectivity index (χ3n) is 3.73. The second-order valence-electron chi connectivity index (χ2n) is 5.55. The molecule has 0 radical (unpaired) electrons. The number of nitrogens with one attached hydrogen (secondary N) is 2. The Morgan fingerprint density at radius 1 is 1.17 bits per heavy atom. The minimum Gasteiger partial charge on any atom is -0.497 e. The Morgan fingerprint density at radius 2 is 1.88 bits per heavy atom. The lowest BCUT2D eigenvalue weighted by molar-refractivity contribution is -0.118. The maximum absolute atomic E-state index is 11.3. The molecule has 5 nitrogen and oxygen atoms in total. The van der Waals surface area contributed by atoms with Crippen molar-refractivity contribution in [2.75, 3.05) is 24.4 Å². The number of aliphatic hydroxyl groups is 1. The van der Waals surface area contributed by atoms with Gasteiger partial charge in [0.1, 0.15) is 12.4 Å². The molecule has 2 aromatic rings. The van der Waals surface area contributed by atoms with Crippen molar-refractivity contribution in [2.24, 2.45) is 0 Å². The van der Waals surface area contributed by atoms with Gasteiger partial charge in [-0.2, -0.15) is 0 Å². The molecule has 5 heteroatoms. The van der Waals surface area contributed by atoms with Crippen LogP contribution in [-0.4, -0.2) is 24.7 Å². The van der Waals surface area contributed by atoms with Crippen molar-refractivity contribution >= 4 is 17.3 Å². The van der Waals surface area contributed by atoms with Gasteiger partial charge in [0.2, 0.25) is 5.91 Å². The van der Waals surface area contributed by atoms with Gasteiger partial charge in [-0.05, 0) is 42.3 Å². The first-order chi connectivity index (χ1) is 11.7. The lowest BCUT2D eigenvalue weighted by Crippen LogP contribution is -2.16. The van der Waals surface area contributed by atoms with E-state index in [2.05, 4.69) is 29.7 Å². The summed E-state index contributed by atoms with van der Waals surface area (Å²) in [7, 11) is 1.66. The summed E-state index contributed by atoms with van der Waals surface area (Å²) in [5, 5.41) is 15.0. The third kappa shape index (κ3) is 4.99. The lowest BCUT2D eigenvalue weighted by Gasteiger charge is -2.21. The SMILES string of the molecule is CCCC(Nc1cccc(NC(=O)CO)c1)c1ccc(OC)cc1. The van der Waals surface area contributed by atoms with Gasteiger partial charge >= 0.3 is 0 Å². The monoisotopic (exact) mass is 328 g/mol. The molecule has 0 aliphatic carbocycles. The Kier molecular flexibility index (Phi) is 6.63. The number of hydrogen-bond acceptors (Lipinski definition) is 4. The molecule has 2 rings (SSSR count). The fraction of sp³-hybridized carbons (Fsp3) is 0.316. The molecule has 1 atom stereocenters. The van der Waals surface area contributed by atoms with E-state index in [9.17, 15) is 4.79 Å². The van der Waals surface area contributed by atoms with Crippen molar-refractivity contribution < 1.29 is 14.6 Å². The Labute approximate surface area is 142 Å². The summed E-state index contributed by atoms with van der Waals surface area (Å²) < 4.78 is 5.21. The number of anilines is 2. The van der Waals surface area contributed by atoms with Crippen molar-refractivity contribution in [2.45, 2.75) is 25.8 Å². The zero-order valence-electron chi connectivity index (χ0n) is 14.1. The molecule has 0 aliphatic heterocycles. The van der Waals surface area contributed by atoms with Crippen LogP contribution in [0.25, 0.3) is 0 Å². The van der Waals surface area contributed by atoms with Gasteiger partial charge in [0, 0.05) is 11.4 Å². The highest BCUT2D eigenvalue weighted by Crippen LogP contribution is 2.27. The maximum atomic E-state index is 11.3. The van der Waals surface area contributed by atoms with E-state index in [4.69, 9.17) is 9.84 Å². The van der Waals surface area contributed by atoms with E-state index in [1.54, 1.807) is 13.2 Å². The van der Waals surface area contributed by atoms with Crippen LogP contribution >= 0.6 is 0 Å². The Morgan fingerprint density at radius 3 is 2.50 bits per heavy atom. The van der Waals surface area contributed by atoms with Crippen molar-refractivity contribution in [1.82, 2.24) is 0 Å². The van der Waals surface area contributed by atoms with Crippen LogP contribution < -0.4 is 15.4 Å². The number of benzene rings is 2. The van der Waals surface area contributed by atoms with Gasteiger partial charge in [0.15, 0.2) is 0 Å². The number of ether oxygens (including phenoxy) is 1. The normalized spacial score (nSPS) is 11.6. The number of methoxy groups -OCH3 is 1. The van der Waals surface area contributed by atoms with E-state index in [1.165, 1.54) is 5.56 Å². The second kappa shape index (κ2) is 8.93. The van der Waals surface area contributed by atoms with Crippen LogP contribution in [0.3, 0.4) is 0 Å². The third-order valence-corrected chi connectivity index (χ3v) is 3.73. The molecule has 0 fully saturated rings. The standard InChI is InChI=1S/C19H24N2O3/c1-3-5-18(14-8-10-17(24-2)11-9-14)20-15-6-4-7-16(12-15)21-19(23)13-22/h4,6-12,18,20,22H,3,5,13H2,1-2H3,(H,21,23). The minimum atomic E-state index is -0.526. The van der Waals surface area contributed by atoms with E-state index < -0.39 is 12.5 Å². The number of aliphatic hydroxyl groups excluding tert-OH is 1. The first kappa shape index (κ1) is 17.8. The van der Waals surface area contributed by atoms with Gasteiger partial charge in [-0.25, -0.2) is 0 Å². The summed E-state index contributed by atoms with van der Waals surface area (Å²) in [6.07, 6.45) is 2.03. The molecule has 2 aromatic carbocycles. The van der Waals surface area contributed by atoms with Gasteiger partial charge in [-0.3, -0.25) is 4.79 Å². The summed E-state index contributed by atoms with van der Waals surface area (Å²) in [6, 6.07) is 15.7. The molecule has 128 valence electrons. The van der Waals surface area contributed by atoms with Crippen LogP contribution in [0.1, 0.15) is 31.4 Å². The van der Waals surface area contributed by atoms with Crippen molar-refractivity contribution in [3.63, 3.8) is 0 Å². The van der Waals surface area contributed by atoms with E-state index in [0.717, 1.165) is 24.3 Å². The summed E-state index contributed by atoms with van der Waals surface area (Å²) >= 11 is 0. The van der Waals surface area contributed by atoms with Gasteiger partial charge < -0.3 is 20.5 Å². The number of hydrogen-bond donors (Lipinski definition) is 3.